The summed E-state index contributed by atoms with van der Waals surface area (Å²) in [5, 5.41) is 2.69. The standard InChI is InChI=1S/C20H17N/c1-21-19-10-6-5-9-17(19)18-14-16(11-12-20(18)21)13-15-7-3-2-4-8-15/h2-12,14H,13H2,1H3. The van der Waals surface area contributed by atoms with Crippen molar-refractivity contribution >= 4 is 21.8 Å². The summed E-state index contributed by atoms with van der Waals surface area (Å²) in [6.45, 7) is 0. The minimum atomic E-state index is 0.986. The normalized spacial score (nSPS) is 11.3. The molecule has 0 spiro atoms. The summed E-state index contributed by atoms with van der Waals surface area (Å²) in [5.74, 6) is 0. The van der Waals surface area contributed by atoms with Crippen molar-refractivity contribution in [2.24, 2.45) is 7.05 Å². The molecule has 21 heavy (non-hydrogen) atoms. The van der Waals surface area contributed by atoms with Crippen LogP contribution in [0.1, 0.15) is 11.1 Å². The van der Waals surface area contributed by atoms with E-state index >= 15 is 0 Å². The van der Waals surface area contributed by atoms with Crippen LogP contribution in [0.15, 0.2) is 72.8 Å². The van der Waals surface area contributed by atoms with Gasteiger partial charge in [-0.2, -0.15) is 0 Å². The molecule has 0 aliphatic heterocycles. The molecule has 0 unspecified atom stereocenters. The second-order valence-corrected chi connectivity index (χ2v) is 5.59. The number of hydrogen-bond donors (Lipinski definition) is 0. The molecule has 1 aromatic heterocycles. The van der Waals surface area contributed by atoms with Gasteiger partial charge in [-0.25, -0.2) is 0 Å². The number of fused-ring (bicyclic) bond motifs is 3. The highest BCUT2D eigenvalue weighted by molar-refractivity contribution is 6.08. The number of nitrogens with zero attached hydrogens (tertiary/aromatic N) is 1. The molecule has 1 heterocycles. The maximum absolute atomic E-state index is 2.34. The van der Waals surface area contributed by atoms with Crippen molar-refractivity contribution in [1.29, 1.82) is 0 Å². The summed E-state index contributed by atoms with van der Waals surface area (Å²) in [6.07, 6.45) is 0.986. The van der Waals surface area contributed by atoms with Gasteiger partial charge in [-0.1, -0.05) is 54.6 Å². The van der Waals surface area contributed by atoms with Crippen molar-refractivity contribution in [2.75, 3.05) is 0 Å². The minimum Gasteiger partial charge on any atom is -0.344 e. The van der Waals surface area contributed by atoms with E-state index in [0.29, 0.717) is 0 Å². The third-order valence-electron chi connectivity index (χ3n) is 4.23. The van der Waals surface area contributed by atoms with E-state index < -0.39 is 0 Å². The van der Waals surface area contributed by atoms with Gasteiger partial charge >= 0.3 is 0 Å². The van der Waals surface area contributed by atoms with Crippen LogP contribution >= 0.6 is 0 Å². The zero-order chi connectivity index (χ0) is 14.2. The maximum atomic E-state index is 2.34. The first-order valence-corrected chi connectivity index (χ1v) is 7.33. The Labute approximate surface area is 124 Å². The van der Waals surface area contributed by atoms with Crippen molar-refractivity contribution < 1.29 is 0 Å². The van der Waals surface area contributed by atoms with Gasteiger partial charge in [-0.3, -0.25) is 0 Å². The SMILES string of the molecule is Cn1c2ccccc2c2cc(Cc3ccccc3)ccc21. The number of aromatic nitrogens is 1. The molecule has 0 fully saturated rings. The Hall–Kier alpha value is -2.54. The Morgan fingerprint density at radius 1 is 0.667 bits per heavy atom. The number of para-hydroxylation sites is 1. The first-order valence-electron chi connectivity index (χ1n) is 7.33. The van der Waals surface area contributed by atoms with Gasteiger partial charge in [0.25, 0.3) is 0 Å². The summed E-state index contributed by atoms with van der Waals surface area (Å²) < 4.78 is 2.27. The Bertz CT molecular complexity index is 917. The highest BCUT2D eigenvalue weighted by atomic mass is 14.9. The van der Waals surface area contributed by atoms with E-state index in [4.69, 9.17) is 0 Å². The molecular weight excluding hydrogens is 254 g/mol. The van der Waals surface area contributed by atoms with Crippen LogP contribution in [0, 0.1) is 0 Å². The average Bonchev–Trinajstić information content (AvgIpc) is 2.82. The molecule has 0 atom stereocenters. The molecule has 0 amide bonds. The van der Waals surface area contributed by atoms with Crippen molar-refractivity contribution in [3.05, 3.63) is 83.9 Å². The Kier molecular flexibility index (Phi) is 2.78. The van der Waals surface area contributed by atoms with Gasteiger partial charge in [0, 0.05) is 28.9 Å². The molecule has 0 radical (unpaired) electrons. The fourth-order valence-electron chi connectivity index (χ4n) is 3.16. The molecule has 0 bridgehead atoms. The van der Waals surface area contributed by atoms with Gasteiger partial charge in [-0.15, -0.1) is 0 Å². The van der Waals surface area contributed by atoms with Crippen molar-refractivity contribution in [3.63, 3.8) is 0 Å². The molecule has 0 saturated carbocycles. The topological polar surface area (TPSA) is 4.93 Å². The van der Waals surface area contributed by atoms with Crippen LogP contribution in [0.5, 0.6) is 0 Å². The smallest absolute Gasteiger partial charge is 0.0488 e. The zero-order valence-electron chi connectivity index (χ0n) is 12.1. The van der Waals surface area contributed by atoms with Gasteiger partial charge in [0.15, 0.2) is 0 Å². The lowest BCUT2D eigenvalue weighted by Gasteiger charge is -2.03. The predicted octanol–water partition coefficient (Wildman–Crippen LogP) is 4.92. The van der Waals surface area contributed by atoms with Gasteiger partial charge in [0.05, 0.1) is 0 Å². The van der Waals surface area contributed by atoms with Gasteiger partial charge in [0.1, 0.15) is 0 Å². The number of hydrogen-bond acceptors (Lipinski definition) is 0. The Balaban J connectivity index is 1.88. The highest BCUT2D eigenvalue weighted by Gasteiger charge is 2.08. The van der Waals surface area contributed by atoms with Crippen molar-refractivity contribution in [2.45, 2.75) is 6.42 Å². The van der Waals surface area contributed by atoms with Crippen molar-refractivity contribution in [1.82, 2.24) is 4.57 Å². The monoisotopic (exact) mass is 271 g/mol. The fraction of sp³-hybridized carbons (Fsp3) is 0.100. The summed E-state index contributed by atoms with van der Waals surface area (Å²) in [4.78, 5) is 0. The Morgan fingerprint density at radius 3 is 2.24 bits per heavy atom. The highest BCUT2D eigenvalue weighted by Crippen LogP contribution is 2.29. The summed E-state index contributed by atoms with van der Waals surface area (Å²) in [5.41, 5.74) is 5.32. The third kappa shape index (κ3) is 2.02. The molecule has 1 heteroatoms. The number of rotatable bonds is 2. The van der Waals surface area contributed by atoms with E-state index in [1.807, 2.05) is 0 Å². The first kappa shape index (κ1) is 12.2. The quantitative estimate of drug-likeness (QED) is 0.487. The van der Waals surface area contributed by atoms with E-state index in [1.165, 1.54) is 32.9 Å². The lowest BCUT2D eigenvalue weighted by molar-refractivity contribution is 1.01. The van der Waals surface area contributed by atoms with Crippen LogP contribution in [0.4, 0.5) is 0 Å². The van der Waals surface area contributed by atoms with Crippen LogP contribution in [0.3, 0.4) is 0 Å². The second-order valence-electron chi connectivity index (χ2n) is 5.59. The molecule has 4 aromatic rings. The molecule has 4 rings (SSSR count). The van der Waals surface area contributed by atoms with E-state index in [0.717, 1.165) is 6.42 Å². The van der Waals surface area contributed by atoms with Crippen LogP contribution in [-0.2, 0) is 13.5 Å². The first-order chi connectivity index (χ1) is 10.3. The molecule has 0 saturated heterocycles. The lowest BCUT2D eigenvalue weighted by atomic mass is 10.0. The molecule has 3 aromatic carbocycles. The van der Waals surface area contributed by atoms with Crippen molar-refractivity contribution in [3.8, 4) is 0 Å². The average molecular weight is 271 g/mol. The zero-order valence-corrected chi connectivity index (χ0v) is 12.1. The molecule has 0 aliphatic carbocycles. The van der Waals surface area contributed by atoms with Crippen LogP contribution < -0.4 is 0 Å². The maximum Gasteiger partial charge on any atom is 0.0488 e. The van der Waals surface area contributed by atoms with Crippen LogP contribution in [0.2, 0.25) is 0 Å². The third-order valence-corrected chi connectivity index (χ3v) is 4.23. The lowest BCUT2D eigenvalue weighted by Crippen LogP contribution is -1.89. The molecule has 102 valence electrons. The Morgan fingerprint density at radius 2 is 1.38 bits per heavy atom. The van der Waals surface area contributed by atoms with E-state index in [1.54, 1.807) is 0 Å². The molecule has 1 nitrogen and oxygen atoms in total. The van der Waals surface area contributed by atoms with Gasteiger partial charge in [0.2, 0.25) is 0 Å². The van der Waals surface area contributed by atoms with E-state index in [-0.39, 0.29) is 0 Å². The van der Waals surface area contributed by atoms with E-state index in [9.17, 15) is 0 Å². The van der Waals surface area contributed by atoms with Crippen LogP contribution in [-0.4, -0.2) is 4.57 Å². The van der Waals surface area contributed by atoms with Gasteiger partial charge in [-0.05, 0) is 35.7 Å². The molecular formula is C20H17N. The fourth-order valence-corrected chi connectivity index (χ4v) is 3.16. The van der Waals surface area contributed by atoms with Crippen LogP contribution in [0.25, 0.3) is 21.8 Å². The number of aryl methyl sites for hydroxylation is 1. The van der Waals surface area contributed by atoms with E-state index in [2.05, 4.69) is 84.4 Å². The summed E-state index contributed by atoms with van der Waals surface area (Å²) in [6, 6.07) is 26.1. The largest absolute Gasteiger partial charge is 0.344 e. The second kappa shape index (κ2) is 4.78. The van der Waals surface area contributed by atoms with Gasteiger partial charge < -0.3 is 4.57 Å². The molecule has 0 N–H and O–H groups in total. The number of benzene rings is 3. The minimum absolute atomic E-state index is 0.986. The summed E-state index contributed by atoms with van der Waals surface area (Å²) in [7, 11) is 2.14. The summed E-state index contributed by atoms with van der Waals surface area (Å²) >= 11 is 0. The predicted molar refractivity (Wildman–Crippen MR) is 89.7 cm³/mol. The molecule has 0 aliphatic rings.